The second kappa shape index (κ2) is 6.53. The molecule has 19 heavy (non-hydrogen) atoms. The lowest BCUT2D eigenvalue weighted by Crippen LogP contribution is -2.45. The first-order valence-corrected chi connectivity index (χ1v) is 7.62. The Morgan fingerprint density at radius 3 is 2.63 bits per heavy atom. The lowest BCUT2D eigenvalue weighted by atomic mass is 9.83. The van der Waals surface area contributed by atoms with Crippen LogP contribution in [0.2, 0.25) is 0 Å². The second-order valence-corrected chi connectivity index (χ2v) is 6.47. The Kier molecular flexibility index (Phi) is 5.00. The van der Waals surface area contributed by atoms with Gasteiger partial charge in [0.05, 0.1) is 0 Å². The van der Waals surface area contributed by atoms with Crippen LogP contribution in [0.4, 0.5) is 0 Å². The Morgan fingerprint density at radius 2 is 2.00 bits per heavy atom. The van der Waals surface area contributed by atoms with Gasteiger partial charge in [-0.15, -0.1) is 0 Å². The van der Waals surface area contributed by atoms with Gasteiger partial charge in [-0.3, -0.25) is 4.90 Å². The van der Waals surface area contributed by atoms with Crippen LogP contribution in [0.5, 0.6) is 0 Å². The molecule has 2 nitrogen and oxygen atoms in total. The van der Waals surface area contributed by atoms with Gasteiger partial charge in [0.15, 0.2) is 0 Å². The van der Waals surface area contributed by atoms with E-state index in [1.807, 2.05) is 0 Å². The number of hydrogen-bond donors (Lipinski definition) is 1. The van der Waals surface area contributed by atoms with Gasteiger partial charge in [-0.05, 0) is 36.9 Å². The minimum Gasteiger partial charge on any atom is -0.315 e. The molecule has 0 spiro atoms. The van der Waals surface area contributed by atoms with Crippen molar-refractivity contribution in [3.05, 3.63) is 35.9 Å². The molecule has 1 aliphatic rings. The van der Waals surface area contributed by atoms with E-state index in [0.29, 0.717) is 11.5 Å². The maximum absolute atomic E-state index is 3.53. The van der Waals surface area contributed by atoms with Crippen molar-refractivity contribution >= 4 is 0 Å². The van der Waals surface area contributed by atoms with Crippen molar-refractivity contribution in [2.45, 2.75) is 39.7 Å². The third kappa shape index (κ3) is 4.05. The summed E-state index contributed by atoms with van der Waals surface area (Å²) in [5.41, 5.74) is 1.90. The summed E-state index contributed by atoms with van der Waals surface area (Å²) in [5.74, 6) is 0. The van der Waals surface area contributed by atoms with Crippen molar-refractivity contribution in [1.29, 1.82) is 0 Å². The van der Waals surface area contributed by atoms with Crippen molar-refractivity contribution in [2.75, 3.05) is 26.2 Å². The predicted molar refractivity (Wildman–Crippen MR) is 82.3 cm³/mol. The number of nitrogens with one attached hydrogen (secondary N) is 1. The minimum atomic E-state index is 0.456. The zero-order chi connectivity index (χ0) is 13.7. The fourth-order valence-corrected chi connectivity index (χ4v) is 3.15. The summed E-state index contributed by atoms with van der Waals surface area (Å²) in [5, 5.41) is 3.53. The molecule has 106 valence electrons. The Morgan fingerprint density at radius 1 is 1.26 bits per heavy atom. The number of rotatable bonds is 5. The molecule has 1 unspecified atom stereocenters. The fraction of sp³-hybridized carbons (Fsp3) is 0.647. The highest BCUT2D eigenvalue weighted by atomic mass is 15.2. The van der Waals surface area contributed by atoms with E-state index in [2.05, 4.69) is 61.3 Å². The van der Waals surface area contributed by atoms with Crippen LogP contribution >= 0.6 is 0 Å². The second-order valence-electron chi connectivity index (χ2n) is 6.47. The van der Waals surface area contributed by atoms with Crippen LogP contribution in [0.25, 0.3) is 0 Å². The molecule has 1 aromatic rings. The standard InChI is InChI=1S/C17H28N2/c1-4-18-13-16(15-9-6-5-7-10-15)19-12-8-11-17(2,3)14-19/h5-7,9-10,16,18H,4,8,11-14H2,1-3H3. The van der Waals surface area contributed by atoms with E-state index in [0.717, 1.165) is 13.1 Å². The van der Waals surface area contributed by atoms with Gasteiger partial charge in [-0.25, -0.2) is 0 Å². The van der Waals surface area contributed by atoms with Crippen LogP contribution in [-0.2, 0) is 0 Å². The summed E-state index contributed by atoms with van der Waals surface area (Å²) in [6.07, 6.45) is 2.68. The highest BCUT2D eigenvalue weighted by Crippen LogP contribution is 2.33. The van der Waals surface area contributed by atoms with Gasteiger partial charge < -0.3 is 5.32 Å². The van der Waals surface area contributed by atoms with Crippen molar-refractivity contribution in [3.8, 4) is 0 Å². The SMILES string of the molecule is CCNCC(c1ccccc1)N1CCCC(C)(C)C1. The lowest BCUT2D eigenvalue weighted by molar-refractivity contribution is 0.0773. The summed E-state index contributed by atoms with van der Waals surface area (Å²) in [7, 11) is 0. The zero-order valence-electron chi connectivity index (χ0n) is 12.7. The molecular formula is C17H28N2. The zero-order valence-corrected chi connectivity index (χ0v) is 12.7. The highest BCUT2D eigenvalue weighted by molar-refractivity contribution is 5.19. The van der Waals surface area contributed by atoms with Gasteiger partial charge in [0.25, 0.3) is 0 Å². The normalized spacial score (nSPS) is 21.2. The third-order valence-corrected chi connectivity index (χ3v) is 4.14. The molecule has 0 bridgehead atoms. The van der Waals surface area contributed by atoms with E-state index in [1.54, 1.807) is 0 Å². The van der Waals surface area contributed by atoms with Gasteiger partial charge in [0.1, 0.15) is 0 Å². The molecule has 1 N–H and O–H groups in total. The van der Waals surface area contributed by atoms with Gasteiger partial charge >= 0.3 is 0 Å². The molecule has 2 rings (SSSR count). The molecule has 0 aromatic heterocycles. The highest BCUT2D eigenvalue weighted by Gasteiger charge is 2.30. The molecule has 1 heterocycles. The van der Waals surface area contributed by atoms with Gasteiger partial charge in [0, 0.05) is 19.1 Å². The Bertz CT molecular complexity index is 372. The number of likely N-dealkylation sites (N-methyl/N-ethyl adjacent to an activating group) is 1. The van der Waals surface area contributed by atoms with Crippen LogP contribution in [0.15, 0.2) is 30.3 Å². The van der Waals surface area contributed by atoms with Crippen LogP contribution in [0, 0.1) is 5.41 Å². The van der Waals surface area contributed by atoms with Crippen LogP contribution in [0.3, 0.4) is 0 Å². The molecule has 1 atom stereocenters. The molecule has 1 aliphatic heterocycles. The van der Waals surface area contributed by atoms with E-state index < -0.39 is 0 Å². The molecule has 1 fully saturated rings. The molecule has 1 saturated heterocycles. The third-order valence-electron chi connectivity index (χ3n) is 4.14. The molecule has 0 saturated carbocycles. The van der Waals surface area contributed by atoms with Crippen molar-refractivity contribution < 1.29 is 0 Å². The summed E-state index contributed by atoms with van der Waals surface area (Å²) in [6.45, 7) is 11.5. The number of likely N-dealkylation sites (tertiary alicyclic amines) is 1. The largest absolute Gasteiger partial charge is 0.315 e. The van der Waals surface area contributed by atoms with Gasteiger partial charge in [0.2, 0.25) is 0 Å². The van der Waals surface area contributed by atoms with Gasteiger partial charge in [-0.2, -0.15) is 0 Å². The maximum Gasteiger partial charge on any atom is 0.0472 e. The summed E-state index contributed by atoms with van der Waals surface area (Å²) >= 11 is 0. The number of benzene rings is 1. The quantitative estimate of drug-likeness (QED) is 0.872. The topological polar surface area (TPSA) is 15.3 Å². The molecule has 0 amide bonds. The molecule has 1 aromatic carbocycles. The lowest BCUT2D eigenvalue weighted by Gasteiger charge is -2.42. The summed E-state index contributed by atoms with van der Waals surface area (Å²) in [4.78, 5) is 2.67. The number of piperidine rings is 1. The van der Waals surface area contributed by atoms with Crippen molar-refractivity contribution in [2.24, 2.45) is 5.41 Å². The maximum atomic E-state index is 3.53. The molecule has 0 radical (unpaired) electrons. The number of hydrogen-bond acceptors (Lipinski definition) is 2. The predicted octanol–water partition coefficient (Wildman–Crippen LogP) is 3.46. The fourth-order valence-electron chi connectivity index (χ4n) is 3.15. The average molecular weight is 260 g/mol. The Hall–Kier alpha value is -0.860. The first-order chi connectivity index (χ1) is 9.12. The van der Waals surface area contributed by atoms with E-state index in [4.69, 9.17) is 0 Å². The first-order valence-electron chi connectivity index (χ1n) is 7.62. The summed E-state index contributed by atoms with van der Waals surface area (Å²) in [6, 6.07) is 11.5. The molecular weight excluding hydrogens is 232 g/mol. The first kappa shape index (κ1) is 14.5. The van der Waals surface area contributed by atoms with Crippen LogP contribution in [-0.4, -0.2) is 31.1 Å². The summed E-state index contributed by atoms with van der Waals surface area (Å²) < 4.78 is 0. The molecule has 2 heteroatoms. The molecule has 0 aliphatic carbocycles. The van der Waals surface area contributed by atoms with Crippen molar-refractivity contribution in [3.63, 3.8) is 0 Å². The van der Waals surface area contributed by atoms with E-state index in [-0.39, 0.29) is 0 Å². The minimum absolute atomic E-state index is 0.456. The number of nitrogens with zero attached hydrogens (tertiary/aromatic N) is 1. The van der Waals surface area contributed by atoms with Crippen molar-refractivity contribution in [1.82, 2.24) is 10.2 Å². The smallest absolute Gasteiger partial charge is 0.0472 e. The van der Waals surface area contributed by atoms with Gasteiger partial charge in [-0.1, -0.05) is 51.1 Å². The average Bonchev–Trinajstić information content (AvgIpc) is 2.39. The van der Waals surface area contributed by atoms with Crippen LogP contribution in [0.1, 0.15) is 45.2 Å². The van der Waals surface area contributed by atoms with E-state index >= 15 is 0 Å². The monoisotopic (exact) mass is 260 g/mol. The Balaban J connectivity index is 2.13. The Labute approximate surface area is 118 Å². The van der Waals surface area contributed by atoms with Crippen LogP contribution < -0.4 is 5.32 Å². The van der Waals surface area contributed by atoms with E-state index in [9.17, 15) is 0 Å². The van der Waals surface area contributed by atoms with E-state index in [1.165, 1.54) is 31.5 Å².